The van der Waals surface area contributed by atoms with Gasteiger partial charge in [0.05, 0.1) is 24.6 Å². The molecule has 1 aliphatic heterocycles. The Kier molecular flexibility index (Phi) is 5.18. The smallest absolute Gasteiger partial charge is 0.255 e. The maximum absolute atomic E-state index is 13.6. The zero-order valence-electron chi connectivity index (χ0n) is 18.5. The Labute approximate surface area is 190 Å². The summed E-state index contributed by atoms with van der Waals surface area (Å²) in [6.45, 7) is 3.89. The van der Waals surface area contributed by atoms with Crippen molar-refractivity contribution in [1.82, 2.24) is 14.8 Å². The average Bonchev–Trinajstić information content (AvgIpc) is 3.49. The van der Waals surface area contributed by atoms with Crippen molar-refractivity contribution in [2.45, 2.75) is 19.9 Å². The number of nitrogens with zero attached hydrogens (tertiary/aromatic N) is 3. The number of hydrogen-bond acceptors (Lipinski definition) is 6. The van der Waals surface area contributed by atoms with Crippen molar-refractivity contribution in [3.63, 3.8) is 0 Å². The van der Waals surface area contributed by atoms with E-state index in [9.17, 15) is 4.79 Å². The predicted octanol–water partition coefficient (Wildman–Crippen LogP) is 4.78. The predicted molar refractivity (Wildman–Crippen MR) is 125 cm³/mol. The number of nitrogens with one attached hydrogen (secondary N) is 2. The molecule has 3 heterocycles. The number of benzene rings is 2. The SMILES string of the molecule is COc1ccccc1NC(=O)C1=C(C)Nc2nc(-c3ccco3)nn2[C@@H]1c1ccc(C)cc1. The third-order valence-electron chi connectivity index (χ3n) is 5.59. The van der Waals surface area contributed by atoms with Crippen LogP contribution in [-0.2, 0) is 4.79 Å². The Bertz CT molecular complexity index is 1340. The molecule has 0 saturated carbocycles. The molecule has 0 saturated heterocycles. The number of furan rings is 1. The number of rotatable bonds is 5. The fourth-order valence-electron chi connectivity index (χ4n) is 3.95. The molecular formula is C25H23N5O3. The molecule has 5 rings (SSSR count). The second-order valence-electron chi connectivity index (χ2n) is 7.81. The van der Waals surface area contributed by atoms with E-state index in [2.05, 4.69) is 15.6 Å². The standard InChI is InChI=1S/C25H23N5O3/c1-15-10-12-17(13-11-15)22-21(24(31)27-18-7-4-5-8-19(18)32-3)16(2)26-25-28-23(29-30(22)25)20-9-6-14-33-20/h4-14,22H,1-3H3,(H,27,31)(H,26,28,29)/t22-/m1/s1. The van der Waals surface area contributed by atoms with E-state index in [0.717, 1.165) is 11.1 Å². The summed E-state index contributed by atoms with van der Waals surface area (Å²) in [5.74, 6) is 1.87. The van der Waals surface area contributed by atoms with E-state index in [4.69, 9.17) is 14.3 Å². The molecule has 1 amide bonds. The topological polar surface area (TPSA) is 94.2 Å². The molecule has 0 radical (unpaired) electrons. The highest BCUT2D eigenvalue weighted by molar-refractivity contribution is 6.06. The zero-order valence-corrected chi connectivity index (χ0v) is 18.5. The van der Waals surface area contributed by atoms with Gasteiger partial charge in [-0.25, -0.2) is 4.68 Å². The Morgan fingerprint density at radius 3 is 2.61 bits per heavy atom. The van der Waals surface area contributed by atoms with Gasteiger partial charge in [0, 0.05) is 5.70 Å². The minimum absolute atomic E-state index is 0.254. The lowest BCUT2D eigenvalue weighted by molar-refractivity contribution is -0.113. The highest BCUT2D eigenvalue weighted by Crippen LogP contribution is 2.37. The van der Waals surface area contributed by atoms with Crippen LogP contribution in [0.3, 0.4) is 0 Å². The minimum Gasteiger partial charge on any atom is -0.495 e. The van der Waals surface area contributed by atoms with Crippen molar-refractivity contribution in [1.29, 1.82) is 0 Å². The molecule has 2 aromatic heterocycles. The van der Waals surface area contributed by atoms with E-state index >= 15 is 0 Å². The molecule has 0 fully saturated rings. The molecule has 166 valence electrons. The van der Waals surface area contributed by atoms with Crippen LogP contribution in [0.4, 0.5) is 11.6 Å². The number of amides is 1. The van der Waals surface area contributed by atoms with Crippen LogP contribution in [-0.4, -0.2) is 27.8 Å². The molecule has 0 bridgehead atoms. The fourth-order valence-corrected chi connectivity index (χ4v) is 3.95. The van der Waals surface area contributed by atoms with Crippen LogP contribution in [0, 0.1) is 6.92 Å². The second-order valence-corrected chi connectivity index (χ2v) is 7.81. The average molecular weight is 441 g/mol. The Balaban J connectivity index is 1.60. The minimum atomic E-state index is -0.479. The molecule has 2 N–H and O–H groups in total. The fraction of sp³-hybridized carbons (Fsp3) is 0.160. The van der Waals surface area contributed by atoms with Gasteiger partial charge in [0.15, 0.2) is 5.76 Å². The molecule has 33 heavy (non-hydrogen) atoms. The van der Waals surface area contributed by atoms with Gasteiger partial charge in [0.1, 0.15) is 11.8 Å². The molecule has 0 aliphatic carbocycles. The van der Waals surface area contributed by atoms with Gasteiger partial charge >= 0.3 is 0 Å². The van der Waals surface area contributed by atoms with E-state index < -0.39 is 6.04 Å². The lowest BCUT2D eigenvalue weighted by Gasteiger charge is -2.29. The van der Waals surface area contributed by atoms with Gasteiger partial charge in [-0.3, -0.25) is 4.79 Å². The van der Waals surface area contributed by atoms with Gasteiger partial charge in [-0.15, -0.1) is 5.10 Å². The van der Waals surface area contributed by atoms with Crippen molar-refractivity contribution in [3.8, 4) is 17.3 Å². The van der Waals surface area contributed by atoms with Crippen molar-refractivity contribution in [2.24, 2.45) is 0 Å². The number of methoxy groups -OCH3 is 1. The van der Waals surface area contributed by atoms with Crippen LogP contribution in [0.5, 0.6) is 5.75 Å². The van der Waals surface area contributed by atoms with Gasteiger partial charge < -0.3 is 19.8 Å². The van der Waals surface area contributed by atoms with Crippen molar-refractivity contribution >= 4 is 17.5 Å². The molecule has 8 heteroatoms. The van der Waals surface area contributed by atoms with Crippen LogP contribution in [0.25, 0.3) is 11.6 Å². The molecule has 1 atom stereocenters. The summed E-state index contributed by atoms with van der Waals surface area (Å²) in [6.07, 6.45) is 1.58. The van der Waals surface area contributed by atoms with Crippen LogP contribution in [0.15, 0.2) is 82.6 Å². The first-order chi connectivity index (χ1) is 16.0. The van der Waals surface area contributed by atoms with E-state index in [1.165, 1.54) is 0 Å². The van der Waals surface area contributed by atoms with Crippen molar-refractivity contribution < 1.29 is 13.9 Å². The molecule has 4 aromatic rings. The van der Waals surface area contributed by atoms with Gasteiger partial charge in [0.25, 0.3) is 5.91 Å². The first-order valence-corrected chi connectivity index (χ1v) is 10.5. The van der Waals surface area contributed by atoms with E-state index in [-0.39, 0.29) is 5.91 Å². The third kappa shape index (κ3) is 3.76. The molecule has 1 aliphatic rings. The normalized spacial score (nSPS) is 15.1. The van der Waals surface area contributed by atoms with Crippen LogP contribution < -0.4 is 15.4 Å². The number of fused-ring (bicyclic) bond motifs is 1. The summed E-state index contributed by atoms with van der Waals surface area (Å²) in [6, 6.07) is 18.5. The lowest BCUT2D eigenvalue weighted by atomic mass is 9.94. The number of hydrogen-bond donors (Lipinski definition) is 2. The van der Waals surface area contributed by atoms with Crippen LogP contribution in [0.1, 0.15) is 24.1 Å². The van der Waals surface area contributed by atoms with Gasteiger partial charge in [-0.05, 0) is 43.7 Å². The molecule has 0 spiro atoms. The highest BCUT2D eigenvalue weighted by Gasteiger charge is 2.35. The van der Waals surface area contributed by atoms with E-state index in [1.807, 2.05) is 50.2 Å². The summed E-state index contributed by atoms with van der Waals surface area (Å²) >= 11 is 0. The number of carbonyl (C=O) groups excluding carboxylic acids is 1. The maximum atomic E-state index is 13.6. The lowest BCUT2D eigenvalue weighted by Crippen LogP contribution is -2.31. The summed E-state index contributed by atoms with van der Waals surface area (Å²) in [5, 5.41) is 10.9. The Morgan fingerprint density at radius 2 is 1.88 bits per heavy atom. The first-order valence-electron chi connectivity index (χ1n) is 10.5. The number of para-hydroxylation sites is 2. The number of ether oxygens (including phenoxy) is 1. The summed E-state index contributed by atoms with van der Waals surface area (Å²) < 4.78 is 12.6. The highest BCUT2D eigenvalue weighted by atomic mass is 16.5. The number of carbonyl (C=O) groups is 1. The second kappa shape index (κ2) is 8.31. The van der Waals surface area contributed by atoms with Crippen LogP contribution in [0.2, 0.25) is 0 Å². The Morgan fingerprint density at radius 1 is 1.09 bits per heavy atom. The summed E-state index contributed by atoms with van der Waals surface area (Å²) in [4.78, 5) is 18.2. The molecule has 0 unspecified atom stereocenters. The van der Waals surface area contributed by atoms with Crippen molar-refractivity contribution in [2.75, 3.05) is 17.7 Å². The largest absolute Gasteiger partial charge is 0.495 e. The van der Waals surface area contributed by atoms with Crippen LogP contribution >= 0.6 is 0 Å². The molecule has 8 nitrogen and oxygen atoms in total. The molecular weight excluding hydrogens is 418 g/mol. The maximum Gasteiger partial charge on any atom is 0.255 e. The van der Waals surface area contributed by atoms with E-state index in [0.29, 0.717) is 40.2 Å². The number of anilines is 2. The quantitative estimate of drug-likeness (QED) is 0.463. The van der Waals surface area contributed by atoms with Crippen molar-refractivity contribution in [3.05, 3.63) is 89.3 Å². The number of allylic oxidation sites excluding steroid dienone is 1. The van der Waals surface area contributed by atoms with Gasteiger partial charge in [0.2, 0.25) is 11.8 Å². The third-order valence-corrected chi connectivity index (χ3v) is 5.59. The summed E-state index contributed by atoms with van der Waals surface area (Å²) in [7, 11) is 1.57. The molecule has 2 aromatic carbocycles. The summed E-state index contributed by atoms with van der Waals surface area (Å²) in [5.41, 5.74) is 3.87. The van der Waals surface area contributed by atoms with Gasteiger partial charge in [-0.2, -0.15) is 4.98 Å². The monoisotopic (exact) mass is 441 g/mol. The number of aryl methyl sites for hydroxylation is 1. The van der Waals surface area contributed by atoms with Gasteiger partial charge in [-0.1, -0.05) is 42.0 Å². The Hall–Kier alpha value is -4.33. The first kappa shape index (κ1) is 20.6. The number of aromatic nitrogens is 3. The zero-order chi connectivity index (χ0) is 22.9. The van der Waals surface area contributed by atoms with E-state index in [1.54, 1.807) is 42.3 Å².